The van der Waals surface area contributed by atoms with Crippen molar-refractivity contribution in [3.05, 3.63) is 0 Å². The van der Waals surface area contributed by atoms with Crippen molar-refractivity contribution >= 4 is 6.09 Å². The van der Waals surface area contributed by atoms with Gasteiger partial charge in [-0.25, -0.2) is 15.6 Å². The third-order valence-corrected chi connectivity index (χ3v) is 2.18. The molecular weight excluding hydrogens is 144 g/mol. The lowest BCUT2D eigenvalue weighted by atomic mass is 10.1. The predicted octanol–water partition coefficient (Wildman–Crippen LogP) is 1.03. The van der Waals surface area contributed by atoms with Gasteiger partial charge in [-0.15, -0.1) is 0 Å². The fourth-order valence-corrected chi connectivity index (χ4v) is 1.55. The van der Waals surface area contributed by atoms with Gasteiger partial charge in [0.05, 0.1) is 0 Å². The van der Waals surface area contributed by atoms with Gasteiger partial charge in [-0.3, -0.25) is 0 Å². The van der Waals surface area contributed by atoms with Crippen LogP contribution in [-0.4, -0.2) is 22.8 Å². The number of nitrogens with zero attached hydrogens (tertiary/aromatic N) is 1. The van der Waals surface area contributed by atoms with E-state index in [9.17, 15) is 4.79 Å². The molecule has 1 aliphatic carbocycles. The van der Waals surface area contributed by atoms with E-state index >= 15 is 0 Å². The Morgan fingerprint density at radius 1 is 1.55 bits per heavy atom. The molecule has 1 amide bonds. The summed E-state index contributed by atoms with van der Waals surface area (Å²) in [5, 5.41) is 9.33. The van der Waals surface area contributed by atoms with Gasteiger partial charge in [0.15, 0.2) is 0 Å². The molecule has 3 N–H and O–H groups in total. The number of amides is 1. The predicted molar refractivity (Wildman–Crippen MR) is 40.9 cm³/mol. The fraction of sp³-hybridized carbons (Fsp3) is 0.857. The van der Waals surface area contributed by atoms with Crippen LogP contribution in [0.4, 0.5) is 4.79 Å². The third kappa shape index (κ3) is 2.38. The lowest BCUT2D eigenvalue weighted by Crippen LogP contribution is -2.39. The molecule has 0 atom stereocenters. The van der Waals surface area contributed by atoms with E-state index in [1.807, 2.05) is 0 Å². The van der Waals surface area contributed by atoms with Gasteiger partial charge in [-0.05, 0) is 18.8 Å². The lowest BCUT2D eigenvalue weighted by molar-refractivity contribution is 0.137. The van der Waals surface area contributed by atoms with E-state index in [1.54, 1.807) is 0 Å². The van der Waals surface area contributed by atoms with Gasteiger partial charge in [-0.1, -0.05) is 12.8 Å². The summed E-state index contributed by atoms with van der Waals surface area (Å²) in [5.74, 6) is 5.73. The van der Waals surface area contributed by atoms with Crippen molar-refractivity contribution in [3.8, 4) is 0 Å². The maximum absolute atomic E-state index is 10.3. The van der Waals surface area contributed by atoms with Crippen molar-refractivity contribution in [2.24, 2.45) is 11.8 Å². The van der Waals surface area contributed by atoms with Crippen molar-refractivity contribution in [1.82, 2.24) is 5.01 Å². The van der Waals surface area contributed by atoms with Crippen LogP contribution in [0, 0.1) is 5.92 Å². The van der Waals surface area contributed by atoms with Crippen LogP contribution < -0.4 is 5.84 Å². The van der Waals surface area contributed by atoms with E-state index in [2.05, 4.69) is 0 Å². The molecule has 1 fully saturated rings. The van der Waals surface area contributed by atoms with E-state index in [0.717, 1.165) is 17.9 Å². The van der Waals surface area contributed by atoms with Crippen molar-refractivity contribution in [2.75, 3.05) is 6.54 Å². The first-order valence-electron chi connectivity index (χ1n) is 3.95. The summed E-state index contributed by atoms with van der Waals surface area (Å²) in [5.41, 5.74) is 0. The molecule has 0 aromatic heterocycles. The van der Waals surface area contributed by atoms with Crippen LogP contribution in [0.2, 0.25) is 0 Å². The largest absolute Gasteiger partial charge is 0.464 e. The second-order valence-corrected chi connectivity index (χ2v) is 3.09. The highest BCUT2D eigenvalue weighted by molar-refractivity contribution is 5.63. The highest BCUT2D eigenvalue weighted by Gasteiger charge is 2.18. The second kappa shape index (κ2) is 3.57. The summed E-state index contributed by atoms with van der Waals surface area (Å²) in [6.07, 6.45) is 3.66. The van der Waals surface area contributed by atoms with Gasteiger partial charge in [0.25, 0.3) is 0 Å². The topological polar surface area (TPSA) is 66.6 Å². The third-order valence-electron chi connectivity index (χ3n) is 2.18. The lowest BCUT2D eigenvalue weighted by Gasteiger charge is -2.16. The molecule has 0 aliphatic heterocycles. The number of rotatable bonds is 2. The molecule has 0 aromatic carbocycles. The van der Waals surface area contributed by atoms with Crippen LogP contribution in [0.15, 0.2) is 0 Å². The molecule has 0 bridgehead atoms. The van der Waals surface area contributed by atoms with E-state index in [-0.39, 0.29) is 0 Å². The molecule has 0 spiro atoms. The Morgan fingerprint density at radius 2 is 2.09 bits per heavy atom. The van der Waals surface area contributed by atoms with Crippen molar-refractivity contribution in [2.45, 2.75) is 25.7 Å². The second-order valence-electron chi connectivity index (χ2n) is 3.09. The Morgan fingerprint density at radius 3 is 2.55 bits per heavy atom. The number of hydrazine groups is 1. The quantitative estimate of drug-likeness (QED) is 0.358. The number of carbonyl (C=O) groups is 1. The van der Waals surface area contributed by atoms with Crippen LogP contribution in [0.25, 0.3) is 0 Å². The Labute approximate surface area is 65.9 Å². The first kappa shape index (κ1) is 8.33. The van der Waals surface area contributed by atoms with Gasteiger partial charge in [0, 0.05) is 6.54 Å². The van der Waals surface area contributed by atoms with Gasteiger partial charge in [0.2, 0.25) is 0 Å². The van der Waals surface area contributed by atoms with Crippen LogP contribution in [0.3, 0.4) is 0 Å². The monoisotopic (exact) mass is 158 g/mol. The Hall–Kier alpha value is -0.770. The molecule has 1 aliphatic rings. The highest BCUT2D eigenvalue weighted by atomic mass is 16.4. The van der Waals surface area contributed by atoms with E-state index < -0.39 is 6.09 Å². The van der Waals surface area contributed by atoms with Crippen molar-refractivity contribution < 1.29 is 9.90 Å². The summed E-state index contributed by atoms with van der Waals surface area (Å²) in [6.45, 7) is 0.495. The van der Waals surface area contributed by atoms with Crippen LogP contribution >= 0.6 is 0 Å². The van der Waals surface area contributed by atoms with Crippen molar-refractivity contribution in [1.29, 1.82) is 0 Å². The number of hydrogen-bond donors (Lipinski definition) is 2. The zero-order valence-corrected chi connectivity index (χ0v) is 6.49. The zero-order valence-electron chi connectivity index (χ0n) is 6.49. The minimum Gasteiger partial charge on any atom is -0.464 e. The molecule has 0 radical (unpaired) electrons. The standard InChI is InChI=1S/C7H14N2O2/c8-9(7(10)11)5-6-3-1-2-4-6/h6H,1-5,8H2,(H,10,11). The SMILES string of the molecule is NN(CC1CCCC1)C(=O)O. The van der Waals surface area contributed by atoms with E-state index in [4.69, 9.17) is 10.9 Å². The Kier molecular flexibility index (Phi) is 2.70. The highest BCUT2D eigenvalue weighted by Crippen LogP contribution is 2.24. The molecule has 0 saturated heterocycles. The van der Waals surface area contributed by atoms with Gasteiger partial charge in [0.1, 0.15) is 0 Å². The van der Waals surface area contributed by atoms with Gasteiger partial charge >= 0.3 is 6.09 Å². The average molecular weight is 158 g/mol. The number of carboxylic acid groups (broad SMARTS) is 1. The van der Waals surface area contributed by atoms with Crippen LogP contribution in [0.5, 0.6) is 0 Å². The van der Waals surface area contributed by atoms with E-state index in [1.165, 1.54) is 12.8 Å². The van der Waals surface area contributed by atoms with Gasteiger partial charge < -0.3 is 5.11 Å². The fourth-order valence-electron chi connectivity index (χ4n) is 1.55. The molecule has 1 rings (SSSR count). The molecule has 0 aromatic rings. The molecule has 0 unspecified atom stereocenters. The average Bonchev–Trinajstić information content (AvgIpc) is 2.39. The molecule has 64 valence electrons. The van der Waals surface area contributed by atoms with Crippen LogP contribution in [-0.2, 0) is 0 Å². The maximum Gasteiger partial charge on any atom is 0.421 e. The first-order chi connectivity index (χ1) is 5.20. The molecule has 1 saturated carbocycles. The van der Waals surface area contributed by atoms with E-state index in [0.29, 0.717) is 12.5 Å². The van der Waals surface area contributed by atoms with Gasteiger partial charge in [-0.2, -0.15) is 0 Å². The first-order valence-corrected chi connectivity index (χ1v) is 3.95. The Balaban J connectivity index is 2.23. The molecule has 0 heterocycles. The zero-order chi connectivity index (χ0) is 8.27. The summed E-state index contributed by atoms with van der Waals surface area (Å²) in [6, 6.07) is 0. The molecule has 4 nitrogen and oxygen atoms in total. The number of hydrogen-bond acceptors (Lipinski definition) is 2. The maximum atomic E-state index is 10.3. The molecular formula is C7H14N2O2. The summed E-state index contributed by atoms with van der Waals surface area (Å²) in [7, 11) is 0. The summed E-state index contributed by atoms with van der Waals surface area (Å²) < 4.78 is 0. The molecule has 11 heavy (non-hydrogen) atoms. The minimum atomic E-state index is -1.03. The summed E-state index contributed by atoms with van der Waals surface area (Å²) in [4.78, 5) is 10.3. The normalized spacial score (nSPS) is 18.6. The Bertz CT molecular complexity index is 143. The number of nitrogens with two attached hydrogens (primary N) is 1. The van der Waals surface area contributed by atoms with Crippen LogP contribution in [0.1, 0.15) is 25.7 Å². The smallest absolute Gasteiger partial charge is 0.421 e. The molecule has 4 heteroatoms. The minimum absolute atomic E-state index is 0.495. The van der Waals surface area contributed by atoms with Crippen molar-refractivity contribution in [3.63, 3.8) is 0 Å². The summed E-state index contributed by atoms with van der Waals surface area (Å²) >= 11 is 0.